The molecule has 0 saturated carbocycles. The van der Waals surface area contributed by atoms with Crippen molar-refractivity contribution in [1.82, 2.24) is 0 Å². The molecule has 2 aliphatic carbocycles. The second-order valence-corrected chi connectivity index (χ2v) is 34.9. The van der Waals surface area contributed by atoms with Crippen molar-refractivity contribution in [2.45, 2.75) is 35.4 Å². The molecule has 0 aromatic carbocycles. The second-order valence-electron chi connectivity index (χ2n) is 6.02. The van der Waals surface area contributed by atoms with Crippen molar-refractivity contribution in [2.24, 2.45) is 0 Å². The van der Waals surface area contributed by atoms with Gasteiger partial charge in [0.15, 0.2) is 0 Å². The Morgan fingerprint density at radius 2 is 2.00 bits per heavy atom. The van der Waals surface area contributed by atoms with Gasteiger partial charge in [0.25, 0.3) is 0 Å². The Morgan fingerprint density at radius 3 is 2.50 bits per heavy atom. The van der Waals surface area contributed by atoms with Crippen molar-refractivity contribution in [1.29, 1.82) is 0 Å². The van der Waals surface area contributed by atoms with Gasteiger partial charge in [-0.2, -0.15) is 0 Å². The van der Waals surface area contributed by atoms with E-state index in [2.05, 4.69) is 53.4 Å². The van der Waals surface area contributed by atoms with E-state index in [0.717, 1.165) is 0 Å². The fourth-order valence-corrected chi connectivity index (χ4v) is 13.6. The molecule has 0 N–H and O–H groups in total. The summed E-state index contributed by atoms with van der Waals surface area (Å²) in [6.45, 7) is 4.60. The van der Waals surface area contributed by atoms with E-state index in [1.165, 1.54) is 19.3 Å². The molecule has 0 aliphatic heterocycles. The molecule has 0 saturated heterocycles. The van der Waals surface area contributed by atoms with Gasteiger partial charge in [0.05, 0.1) is 0 Å². The summed E-state index contributed by atoms with van der Waals surface area (Å²) in [5, 5.41) is 0. The third-order valence-corrected chi connectivity index (χ3v) is 21.4. The van der Waals surface area contributed by atoms with Gasteiger partial charge in [-0.1, -0.05) is 0 Å². The van der Waals surface area contributed by atoms with Crippen molar-refractivity contribution >= 4 is 6.88 Å². The standard InChI is InChI=1S/C7H9.C5H5.2CH3.H2Si.Zr/c1-2-7-5-3-4-6-7;1-2-4-5-3-1;;;;/h5-6H,2-3H2,1H3;1-3H,4H2;2*1H3;1H2;. The van der Waals surface area contributed by atoms with E-state index in [4.69, 9.17) is 0 Å². The molecule has 0 spiro atoms. The Kier molecular flexibility index (Phi) is 3.18. The first-order valence-electron chi connectivity index (χ1n) is 6.26. The van der Waals surface area contributed by atoms with E-state index in [0.29, 0.717) is 0 Å². The summed E-state index contributed by atoms with van der Waals surface area (Å²) in [6.07, 6.45) is 15.5. The first kappa shape index (κ1) is 12.5. The summed E-state index contributed by atoms with van der Waals surface area (Å²) < 4.78 is 8.73. The molecule has 2 heteroatoms. The van der Waals surface area contributed by atoms with Gasteiger partial charge in [-0.3, -0.25) is 0 Å². The molecule has 0 fully saturated rings. The molecule has 0 bridgehead atoms. The number of rotatable bonds is 3. The van der Waals surface area contributed by atoms with Gasteiger partial charge in [-0.25, -0.2) is 0 Å². The monoisotopic (exact) mass is 308 g/mol. The summed E-state index contributed by atoms with van der Waals surface area (Å²) in [5.74, 6) is 0. The molecule has 0 amide bonds. The van der Waals surface area contributed by atoms with Crippen LogP contribution in [-0.2, 0) is 17.4 Å². The summed E-state index contributed by atoms with van der Waals surface area (Å²) in [6, 6.07) is 0. The zero-order chi connectivity index (χ0) is 11.8. The van der Waals surface area contributed by atoms with E-state index in [1.807, 2.05) is 0 Å². The zero-order valence-electron chi connectivity index (χ0n) is 10.7. The average Bonchev–Trinajstić information content (AvgIpc) is 2.89. The van der Waals surface area contributed by atoms with Crippen molar-refractivity contribution in [3.8, 4) is 0 Å². The summed E-state index contributed by atoms with van der Waals surface area (Å²) in [5.41, 5.74) is 1.55. The van der Waals surface area contributed by atoms with Crippen LogP contribution in [0.25, 0.3) is 0 Å². The van der Waals surface area contributed by atoms with Gasteiger partial charge in [-0.15, -0.1) is 0 Å². The van der Waals surface area contributed by atoms with Crippen molar-refractivity contribution in [2.75, 3.05) is 0 Å². The fraction of sp³-hybridized carbons (Fsp3) is 0.429. The molecular formula is C14H22SiZr. The van der Waals surface area contributed by atoms with Crippen LogP contribution in [0.1, 0.15) is 26.2 Å². The molecule has 0 unspecified atom stereocenters. The topological polar surface area (TPSA) is 0 Å². The fourth-order valence-electron chi connectivity index (χ4n) is 2.64. The predicted octanol–water partition coefficient (Wildman–Crippen LogP) is 3.79. The van der Waals surface area contributed by atoms with Crippen molar-refractivity contribution in [3.05, 3.63) is 42.5 Å². The molecule has 2 aliphatic rings. The number of hydrogen-bond acceptors (Lipinski definition) is 0. The normalized spacial score (nSPS) is 20.9. The Bertz CT molecular complexity index is 495. The van der Waals surface area contributed by atoms with Crippen LogP contribution in [0.4, 0.5) is 0 Å². The first-order valence-corrected chi connectivity index (χ1v) is 19.6. The molecule has 16 heavy (non-hydrogen) atoms. The van der Waals surface area contributed by atoms with Gasteiger partial charge >= 0.3 is 102 Å². The van der Waals surface area contributed by atoms with Crippen LogP contribution in [-0.4, -0.2) is 6.88 Å². The number of allylic oxidation sites excluding steroid dienone is 8. The van der Waals surface area contributed by atoms with Crippen LogP contribution in [0, 0.1) is 0 Å². The van der Waals surface area contributed by atoms with Gasteiger partial charge < -0.3 is 0 Å². The Hall–Kier alpha value is 0.0600. The van der Waals surface area contributed by atoms with Crippen molar-refractivity contribution < 1.29 is 17.4 Å². The van der Waals surface area contributed by atoms with Crippen LogP contribution in [0.3, 0.4) is 0 Å². The third kappa shape index (κ3) is 2.07. The van der Waals surface area contributed by atoms with Crippen LogP contribution in [0.5, 0.6) is 0 Å². The molecule has 86 valence electrons. The van der Waals surface area contributed by atoms with E-state index >= 15 is 0 Å². The molecule has 0 aromatic heterocycles. The molecule has 2 rings (SSSR count). The summed E-state index contributed by atoms with van der Waals surface area (Å²) in [7, 11) is 0. The third-order valence-electron chi connectivity index (χ3n) is 4.18. The number of hydrogen-bond donors (Lipinski definition) is 0. The maximum atomic E-state index is 2.59. The second kappa shape index (κ2) is 4.07. The van der Waals surface area contributed by atoms with Gasteiger partial charge in [-0.05, 0) is 0 Å². The Morgan fingerprint density at radius 1 is 1.25 bits per heavy atom. The van der Waals surface area contributed by atoms with Crippen LogP contribution in [0.2, 0.25) is 9.26 Å². The maximum absolute atomic E-state index is 2.69. The minimum atomic E-state index is -2.69. The van der Waals surface area contributed by atoms with E-state index in [9.17, 15) is 0 Å². The SMILES string of the molecule is CCC1=CC[C]([Zr]([CH3])([CH3])(=[SiH2])[C]2=CC=CC2)=C1. The predicted molar refractivity (Wildman–Crippen MR) is 73.2 cm³/mol. The first-order chi connectivity index (χ1) is 7.42. The van der Waals surface area contributed by atoms with E-state index in [1.54, 1.807) is 12.1 Å². The van der Waals surface area contributed by atoms with Crippen LogP contribution >= 0.6 is 0 Å². The van der Waals surface area contributed by atoms with Crippen molar-refractivity contribution in [3.63, 3.8) is 0 Å². The quantitative estimate of drug-likeness (QED) is 0.696. The minimum absolute atomic E-state index is 1.19. The van der Waals surface area contributed by atoms with Crippen LogP contribution in [0.15, 0.2) is 42.5 Å². The summed E-state index contributed by atoms with van der Waals surface area (Å²) in [4.78, 5) is 0. The van der Waals surface area contributed by atoms with Crippen LogP contribution < -0.4 is 0 Å². The molecule has 0 atom stereocenters. The molecule has 0 nitrogen and oxygen atoms in total. The molecule has 0 aromatic rings. The Balaban J connectivity index is 2.37. The molecule has 0 radical (unpaired) electrons. The van der Waals surface area contributed by atoms with Gasteiger partial charge in [0.2, 0.25) is 0 Å². The van der Waals surface area contributed by atoms with E-state index in [-0.39, 0.29) is 0 Å². The Labute approximate surface area is 102 Å². The van der Waals surface area contributed by atoms with Gasteiger partial charge in [0, 0.05) is 0 Å². The average molecular weight is 310 g/mol. The van der Waals surface area contributed by atoms with E-state index < -0.39 is 17.4 Å². The zero-order valence-corrected chi connectivity index (χ0v) is 14.6. The molecular weight excluding hydrogens is 287 g/mol. The van der Waals surface area contributed by atoms with Gasteiger partial charge in [0.1, 0.15) is 0 Å². The molecule has 0 heterocycles. The summed E-state index contributed by atoms with van der Waals surface area (Å²) >= 11 is -2.69.